The van der Waals surface area contributed by atoms with Gasteiger partial charge in [0.2, 0.25) is 0 Å². The second-order valence-electron chi connectivity index (χ2n) is 5.25. The molecule has 1 saturated carbocycles. The molecule has 1 unspecified atom stereocenters. The van der Waals surface area contributed by atoms with E-state index in [9.17, 15) is 0 Å². The Hall–Kier alpha value is -0.380. The molecule has 1 fully saturated rings. The summed E-state index contributed by atoms with van der Waals surface area (Å²) in [6.07, 6.45) is 5.36. The Labute approximate surface area is 119 Å². The van der Waals surface area contributed by atoms with E-state index in [-0.39, 0.29) is 0 Å². The SMILES string of the molecule is CNC(CCN(C)C1CCC1)c1ccc(Br)cc1. The van der Waals surface area contributed by atoms with E-state index in [1.807, 2.05) is 0 Å². The molecule has 0 aliphatic heterocycles. The van der Waals surface area contributed by atoms with Crippen LogP contribution in [0.15, 0.2) is 28.7 Å². The molecule has 0 radical (unpaired) electrons. The minimum Gasteiger partial charge on any atom is -0.313 e. The molecular formula is C15H23BrN2. The van der Waals surface area contributed by atoms with E-state index in [1.165, 1.54) is 37.8 Å². The summed E-state index contributed by atoms with van der Waals surface area (Å²) in [4.78, 5) is 2.52. The van der Waals surface area contributed by atoms with Crippen LogP contribution in [0.1, 0.15) is 37.3 Å². The fourth-order valence-electron chi connectivity index (χ4n) is 2.52. The molecule has 1 aromatic carbocycles. The van der Waals surface area contributed by atoms with Gasteiger partial charge in [0.1, 0.15) is 0 Å². The lowest BCUT2D eigenvalue weighted by molar-refractivity contribution is 0.153. The van der Waals surface area contributed by atoms with Crippen LogP contribution >= 0.6 is 15.9 Å². The second-order valence-corrected chi connectivity index (χ2v) is 6.16. The van der Waals surface area contributed by atoms with Crippen LogP contribution in [-0.4, -0.2) is 31.6 Å². The highest BCUT2D eigenvalue weighted by Crippen LogP contribution is 2.25. The Morgan fingerprint density at radius 1 is 1.33 bits per heavy atom. The average Bonchev–Trinajstić information content (AvgIpc) is 2.30. The van der Waals surface area contributed by atoms with Crippen molar-refractivity contribution in [1.29, 1.82) is 0 Å². The summed E-state index contributed by atoms with van der Waals surface area (Å²) in [5.74, 6) is 0. The highest BCUT2D eigenvalue weighted by Gasteiger charge is 2.22. The van der Waals surface area contributed by atoms with Gasteiger partial charge in [-0.25, -0.2) is 0 Å². The van der Waals surface area contributed by atoms with Crippen molar-refractivity contribution in [3.05, 3.63) is 34.3 Å². The standard InChI is InChI=1S/C15H23BrN2/c1-17-15(12-6-8-13(16)9-7-12)10-11-18(2)14-4-3-5-14/h6-9,14-15,17H,3-5,10-11H2,1-2H3. The largest absolute Gasteiger partial charge is 0.313 e. The third kappa shape index (κ3) is 3.56. The average molecular weight is 311 g/mol. The summed E-state index contributed by atoms with van der Waals surface area (Å²) in [5, 5.41) is 3.43. The van der Waals surface area contributed by atoms with Crippen LogP contribution in [0.25, 0.3) is 0 Å². The zero-order valence-electron chi connectivity index (χ0n) is 11.3. The van der Waals surface area contributed by atoms with Crippen molar-refractivity contribution in [1.82, 2.24) is 10.2 Å². The topological polar surface area (TPSA) is 15.3 Å². The van der Waals surface area contributed by atoms with Crippen molar-refractivity contribution in [2.24, 2.45) is 0 Å². The summed E-state index contributed by atoms with van der Waals surface area (Å²) < 4.78 is 1.15. The van der Waals surface area contributed by atoms with Crippen molar-refractivity contribution >= 4 is 15.9 Å². The molecule has 1 N–H and O–H groups in total. The van der Waals surface area contributed by atoms with Crippen molar-refractivity contribution in [2.45, 2.75) is 37.8 Å². The Bertz CT molecular complexity index is 359. The second kappa shape index (κ2) is 6.69. The molecule has 0 spiro atoms. The van der Waals surface area contributed by atoms with Gasteiger partial charge in [0.15, 0.2) is 0 Å². The van der Waals surface area contributed by atoms with Gasteiger partial charge in [-0.3, -0.25) is 0 Å². The van der Waals surface area contributed by atoms with Crippen LogP contribution in [0.5, 0.6) is 0 Å². The summed E-state index contributed by atoms with van der Waals surface area (Å²) in [7, 11) is 4.31. The van der Waals surface area contributed by atoms with E-state index in [0.29, 0.717) is 6.04 Å². The molecule has 1 aliphatic carbocycles. The molecule has 1 atom stereocenters. The Balaban J connectivity index is 1.86. The number of halogens is 1. The van der Waals surface area contributed by atoms with Gasteiger partial charge >= 0.3 is 0 Å². The van der Waals surface area contributed by atoms with Crippen molar-refractivity contribution in [3.63, 3.8) is 0 Å². The van der Waals surface area contributed by atoms with Crippen LogP contribution in [0.3, 0.4) is 0 Å². The van der Waals surface area contributed by atoms with E-state index in [2.05, 4.69) is 64.5 Å². The number of nitrogens with one attached hydrogen (secondary N) is 1. The highest BCUT2D eigenvalue weighted by molar-refractivity contribution is 9.10. The third-order valence-electron chi connectivity index (χ3n) is 4.09. The third-order valence-corrected chi connectivity index (χ3v) is 4.62. The van der Waals surface area contributed by atoms with Gasteiger partial charge in [-0.05, 0) is 57.6 Å². The van der Waals surface area contributed by atoms with E-state index in [0.717, 1.165) is 10.5 Å². The maximum Gasteiger partial charge on any atom is 0.0329 e. The fourth-order valence-corrected chi connectivity index (χ4v) is 2.78. The van der Waals surface area contributed by atoms with Crippen LogP contribution < -0.4 is 5.32 Å². The number of hydrogen-bond acceptors (Lipinski definition) is 2. The molecule has 0 amide bonds. The van der Waals surface area contributed by atoms with Crippen molar-refractivity contribution in [3.8, 4) is 0 Å². The van der Waals surface area contributed by atoms with Crippen LogP contribution in [0.2, 0.25) is 0 Å². The van der Waals surface area contributed by atoms with Gasteiger partial charge in [0, 0.05) is 16.6 Å². The number of benzene rings is 1. The van der Waals surface area contributed by atoms with Crippen LogP contribution in [0.4, 0.5) is 0 Å². The summed E-state index contributed by atoms with van der Waals surface area (Å²) in [5.41, 5.74) is 1.38. The number of hydrogen-bond donors (Lipinski definition) is 1. The van der Waals surface area contributed by atoms with E-state index >= 15 is 0 Å². The molecule has 0 aromatic heterocycles. The molecule has 18 heavy (non-hydrogen) atoms. The van der Waals surface area contributed by atoms with Crippen LogP contribution in [-0.2, 0) is 0 Å². The first-order valence-electron chi connectivity index (χ1n) is 6.83. The Morgan fingerprint density at radius 3 is 2.50 bits per heavy atom. The molecule has 0 bridgehead atoms. The lowest BCUT2D eigenvalue weighted by Crippen LogP contribution is -2.38. The van der Waals surface area contributed by atoms with E-state index < -0.39 is 0 Å². The van der Waals surface area contributed by atoms with E-state index in [4.69, 9.17) is 0 Å². The predicted molar refractivity (Wildman–Crippen MR) is 80.8 cm³/mol. The lowest BCUT2D eigenvalue weighted by atomic mass is 9.91. The number of nitrogens with zero attached hydrogens (tertiary/aromatic N) is 1. The highest BCUT2D eigenvalue weighted by atomic mass is 79.9. The van der Waals surface area contributed by atoms with Crippen molar-refractivity contribution < 1.29 is 0 Å². The van der Waals surface area contributed by atoms with Gasteiger partial charge in [-0.1, -0.05) is 34.5 Å². The predicted octanol–water partition coefficient (Wildman–Crippen LogP) is 3.58. The summed E-state index contributed by atoms with van der Waals surface area (Å²) in [6, 6.07) is 9.95. The molecule has 1 aromatic rings. The molecule has 0 saturated heterocycles. The van der Waals surface area contributed by atoms with Gasteiger partial charge in [-0.2, -0.15) is 0 Å². The van der Waals surface area contributed by atoms with Gasteiger partial charge in [0.05, 0.1) is 0 Å². The van der Waals surface area contributed by atoms with E-state index in [1.54, 1.807) is 0 Å². The first-order valence-corrected chi connectivity index (χ1v) is 7.63. The lowest BCUT2D eigenvalue weighted by Gasteiger charge is -2.35. The zero-order valence-corrected chi connectivity index (χ0v) is 12.9. The maximum atomic E-state index is 3.49. The smallest absolute Gasteiger partial charge is 0.0329 e. The minimum absolute atomic E-state index is 0.459. The Kier molecular flexibility index (Phi) is 5.22. The normalized spacial score (nSPS) is 17.8. The molecule has 3 heteroatoms. The first kappa shape index (κ1) is 14.0. The summed E-state index contributed by atoms with van der Waals surface area (Å²) in [6.45, 7) is 1.17. The molecule has 1 aliphatic rings. The molecular weight excluding hydrogens is 288 g/mol. The maximum absolute atomic E-state index is 3.49. The van der Waals surface area contributed by atoms with Gasteiger partial charge in [0.25, 0.3) is 0 Å². The number of rotatable bonds is 6. The first-order chi connectivity index (χ1) is 8.70. The molecule has 100 valence electrons. The van der Waals surface area contributed by atoms with Crippen LogP contribution in [0, 0.1) is 0 Å². The fraction of sp³-hybridized carbons (Fsp3) is 0.600. The van der Waals surface area contributed by atoms with Gasteiger partial charge < -0.3 is 10.2 Å². The quantitative estimate of drug-likeness (QED) is 0.864. The van der Waals surface area contributed by atoms with Gasteiger partial charge in [-0.15, -0.1) is 0 Å². The minimum atomic E-state index is 0.459. The molecule has 2 nitrogen and oxygen atoms in total. The zero-order chi connectivity index (χ0) is 13.0. The monoisotopic (exact) mass is 310 g/mol. The molecule has 2 rings (SSSR count). The summed E-state index contributed by atoms with van der Waals surface area (Å²) >= 11 is 3.49. The molecule has 0 heterocycles. The van der Waals surface area contributed by atoms with Crippen molar-refractivity contribution in [2.75, 3.05) is 20.6 Å². The Morgan fingerprint density at radius 2 is 2.00 bits per heavy atom.